The van der Waals surface area contributed by atoms with Gasteiger partial charge in [0, 0.05) is 12.8 Å². The third-order valence-electron chi connectivity index (χ3n) is 2.69. The fourth-order valence-corrected chi connectivity index (χ4v) is 1.89. The van der Waals surface area contributed by atoms with Gasteiger partial charge in [0.25, 0.3) is 0 Å². The van der Waals surface area contributed by atoms with Crippen molar-refractivity contribution < 1.29 is 19.0 Å². The van der Waals surface area contributed by atoms with Crippen molar-refractivity contribution in [2.24, 2.45) is 0 Å². The average molecular weight is 236 g/mol. The van der Waals surface area contributed by atoms with Gasteiger partial charge in [0.05, 0.1) is 20.3 Å². The topological polar surface area (TPSA) is 44.8 Å². The van der Waals surface area contributed by atoms with E-state index in [1.54, 1.807) is 7.11 Å². The first-order chi connectivity index (χ1) is 8.36. The first kappa shape index (κ1) is 11.8. The van der Waals surface area contributed by atoms with Crippen LogP contribution < -0.4 is 14.2 Å². The second-order valence-corrected chi connectivity index (χ2v) is 3.84. The third kappa shape index (κ3) is 2.52. The summed E-state index contributed by atoms with van der Waals surface area (Å²) in [7, 11) is 1.61. The minimum atomic E-state index is 0.482. The van der Waals surface area contributed by atoms with E-state index in [4.69, 9.17) is 14.2 Å². The number of methoxy groups -OCH3 is 1. The van der Waals surface area contributed by atoms with Crippen molar-refractivity contribution in [1.29, 1.82) is 0 Å². The molecule has 0 amide bonds. The molecule has 92 valence electrons. The number of benzene rings is 1. The highest BCUT2D eigenvalue weighted by Crippen LogP contribution is 2.41. The maximum atomic E-state index is 10.4. The van der Waals surface area contributed by atoms with E-state index in [1.165, 1.54) is 0 Å². The van der Waals surface area contributed by atoms with Gasteiger partial charge in [-0.25, -0.2) is 0 Å². The highest BCUT2D eigenvalue weighted by Gasteiger charge is 2.18. The predicted molar refractivity (Wildman–Crippen MR) is 63.0 cm³/mol. The number of carbonyl (C=O) groups excluding carboxylic acids is 1. The molecule has 4 nitrogen and oxygen atoms in total. The van der Waals surface area contributed by atoms with Crippen molar-refractivity contribution in [1.82, 2.24) is 0 Å². The molecule has 0 N–H and O–H groups in total. The van der Waals surface area contributed by atoms with Crippen molar-refractivity contribution >= 4 is 6.29 Å². The number of ether oxygens (including phenoxy) is 3. The van der Waals surface area contributed by atoms with Crippen LogP contribution >= 0.6 is 0 Å². The molecule has 1 heterocycles. The zero-order valence-electron chi connectivity index (χ0n) is 9.90. The van der Waals surface area contributed by atoms with Gasteiger partial charge in [0.1, 0.15) is 6.29 Å². The molecule has 1 aromatic rings. The Kier molecular flexibility index (Phi) is 3.85. The van der Waals surface area contributed by atoms with E-state index in [-0.39, 0.29) is 0 Å². The molecule has 2 rings (SSSR count). The summed E-state index contributed by atoms with van der Waals surface area (Å²) in [5, 5.41) is 0. The molecule has 17 heavy (non-hydrogen) atoms. The summed E-state index contributed by atoms with van der Waals surface area (Å²) in [6.45, 7) is 1.28. The Hall–Kier alpha value is -1.71. The third-order valence-corrected chi connectivity index (χ3v) is 2.69. The lowest BCUT2D eigenvalue weighted by Gasteiger charge is -2.15. The number of aryl methyl sites for hydroxylation is 1. The van der Waals surface area contributed by atoms with Crippen LogP contribution in [-0.2, 0) is 11.2 Å². The van der Waals surface area contributed by atoms with E-state index < -0.39 is 0 Å². The standard InChI is InChI=1S/C13H16O4/c1-15-12-10(4-2-7-14)5-6-11-13(12)17-9-3-8-16-11/h5-7H,2-4,8-9H2,1H3. The minimum Gasteiger partial charge on any atom is -0.492 e. The van der Waals surface area contributed by atoms with Gasteiger partial charge >= 0.3 is 0 Å². The Bertz CT molecular complexity index is 401. The van der Waals surface area contributed by atoms with E-state index >= 15 is 0 Å². The lowest BCUT2D eigenvalue weighted by molar-refractivity contribution is -0.107. The number of hydrogen-bond donors (Lipinski definition) is 0. The molecule has 0 bridgehead atoms. The number of carbonyl (C=O) groups is 1. The van der Waals surface area contributed by atoms with Crippen LogP contribution in [0.1, 0.15) is 18.4 Å². The highest BCUT2D eigenvalue weighted by molar-refractivity contribution is 5.58. The lowest BCUT2D eigenvalue weighted by Crippen LogP contribution is -2.00. The monoisotopic (exact) mass is 236 g/mol. The molecule has 0 saturated carbocycles. The summed E-state index contributed by atoms with van der Waals surface area (Å²) in [5.41, 5.74) is 0.976. The predicted octanol–water partition coefficient (Wildman–Crippen LogP) is 1.99. The Labute approximate surface area is 100 Å². The van der Waals surface area contributed by atoms with E-state index in [2.05, 4.69) is 0 Å². The SMILES string of the molecule is COc1c(CCC=O)ccc2c1OCCCO2. The number of aldehydes is 1. The van der Waals surface area contributed by atoms with Gasteiger partial charge in [-0.05, 0) is 18.1 Å². The molecule has 4 heteroatoms. The largest absolute Gasteiger partial charge is 0.492 e. The second kappa shape index (κ2) is 5.57. The second-order valence-electron chi connectivity index (χ2n) is 3.84. The molecule has 1 aromatic carbocycles. The van der Waals surface area contributed by atoms with Gasteiger partial charge in [0.2, 0.25) is 5.75 Å². The average Bonchev–Trinajstić information content (AvgIpc) is 2.60. The number of rotatable bonds is 4. The zero-order valence-corrected chi connectivity index (χ0v) is 9.90. The van der Waals surface area contributed by atoms with Gasteiger partial charge in [-0.15, -0.1) is 0 Å². The van der Waals surface area contributed by atoms with Crippen LogP contribution in [0.2, 0.25) is 0 Å². The van der Waals surface area contributed by atoms with Crippen molar-refractivity contribution in [2.45, 2.75) is 19.3 Å². The fraction of sp³-hybridized carbons (Fsp3) is 0.462. The van der Waals surface area contributed by atoms with Crippen LogP contribution in [0.3, 0.4) is 0 Å². The molecule has 0 atom stereocenters. The van der Waals surface area contributed by atoms with Gasteiger partial charge < -0.3 is 19.0 Å². The molecule has 0 fully saturated rings. The van der Waals surface area contributed by atoms with Crippen LogP contribution in [-0.4, -0.2) is 26.6 Å². The maximum absolute atomic E-state index is 10.4. The molecule has 0 unspecified atom stereocenters. The normalized spacial score (nSPS) is 13.9. The molecule has 0 saturated heterocycles. The molecule has 0 aliphatic carbocycles. The van der Waals surface area contributed by atoms with Crippen LogP contribution in [0.4, 0.5) is 0 Å². The van der Waals surface area contributed by atoms with Gasteiger partial charge in [-0.2, -0.15) is 0 Å². The van der Waals surface area contributed by atoms with Crippen molar-refractivity contribution in [3.63, 3.8) is 0 Å². The van der Waals surface area contributed by atoms with Crippen molar-refractivity contribution in [3.05, 3.63) is 17.7 Å². The highest BCUT2D eigenvalue weighted by atomic mass is 16.5. The van der Waals surface area contributed by atoms with E-state index in [0.717, 1.165) is 18.3 Å². The lowest BCUT2D eigenvalue weighted by atomic mass is 10.1. The summed E-state index contributed by atoms with van der Waals surface area (Å²) < 4.78 is 16.6. The van der Waals surface area contributed by atoms with Gasteiger partial charge in [0.15, 0.2) is 11.5 Å². The summed E-state index contributed by atoms with van der Waals surface area (Å²) in [5.74, 6) is 2.06. The molecular formula is C13H16O4. The zero-order chi connectivity index (χ0) is 12.1. The fourth-order valence-electron chi connectivity index (χ4n) is 1.89. The smallest absolute Gasteiger partial charge is 0.203 e. The molecular weight excluding hydrogens is 220 g/mol. The van der Waals surface area contributed by atoms with E-state index in [9.17, 15) is 4.79 Å². The van der Waals surface area contributed by atoms with Crippen LogP contribution in [0.15, 0.2) is 12.1 Å². The molecule has 0 spiro atoms. The Morgan fingerprint density at radius 3 is 2.94 bits per heavy atom. The van der Waals surface area contributed by atoms with Gasteiger partial charge in [-0.1, -0.05) is 6.07 Å². The van der Waals surface area contributed by atoms with E-state index in [0.29, 0.717) is 43.3 Å². The maximum Gasteiger partial charge on any atom is 0.203 e. The molecule has 0 radical (unpaired) electrons. The Morgan fingerprint density at radius 1 is 1.35 bits per heavy atom. The summed E-state index contributed by atoms with van der Waals surface area (Å²) in [6.07, 6.45) is 2.91. The molecule has 1 aliphatic rings. The first-order valence-electron chi connectivity index (χ1n) is 5.76. The summed E-state index contributed by atoms with van der Waals surface area (Å²) in [4.78, 5) is 10.4. The molecule has 0 aromatic heterocycles. The summed E-state index contributed by atoms with van der Waals surface area (Å²) >= 11 is 0. The Balaban J connectivity index is 2.35. The summed E-state index contributed by atoms with van der Waals surface area (Å²) in [6, 6.07) is 3.80. The first-order valence-corrected chi connectivity index (χ1v) is 5.76. The van der Waals surface area contributed by atoms with Gasteiger partial charge in [-0.3, -0.25) is 0 Å². The quantitative estimate of drug-likeness (QED) is 0.750. The van der Waals surface area contributed by atoms with Crippen molar-refractivity contribution in [2.75, 3.05) is 20.3 Å². The van der Waals surface area contributed by atoms with E-state index in [1.807, 2.05) is 12.1 Å². The van der Waals surface area contributed by atoms with Crippen molar-refractivity contribution in [3.8, 4) is 17.2 Å². The minimum absolute atomic E-state index is 0.482. The molecule has 1 aliphatic heterocycles. The van der Waals surface area contributed by atoms with Crippen LogP contribution in [0.25, 0.3) is 0 Å². The Morgan fingerprint density at radius 2 is 2.18 bits per heavy atom. The van der Waals surface area contributed by atoms with Crippen LogP contribution in [0, 0.1) is 0 Å². The van der Waals surface area contributed by atoms with Crippen LogP contribution in [0.5, 0.6) is 17.2 Å². The number of hydrogen-bond acceptors (Lipinski definition) is 4. The number of fused-ring (bicyclic) bond motifs is 1.